The van der Waals surface area contributed by atoms with Crippen LogP contribution in [0.3, 0.4) is 0 Å². The summed E-state index contributed by atoms with van der Waals surface area (Å²) in [6.45, 7) is 4.82. The number of unbranched alkanes of at least 4 members (excludes halogenated alkanes) is 1. The predicted molar refractivity (Wildman–Crippen MR) is 74.4 cm³/mol. The van der Waals surface area contributed by atoms with Gasteiger partial charge in [0.1, 0.15) is 0 Å². The third-order valence-electron chi connectivity index (χ3n) is 3.14. The number of ether oxygens (including phenoxy) is 1. The molecule has 0 aliphatic carbocycles. The lowest BCUT2D eigenvalue weighted by Crippen LogP contribution is -2.14. The first-order valence-electron chi connectivity index (χ1n) is 6.70. The van der Waals surface area contributed by atoms with Gasteiger partial charge in [-0.3, -0.25) is 0 Å². The quantitative estimate of drug-likeness (QED) is 0.593. The van der Waals surface area contributed by atoms with Gasteiger partial charge in [0.25, 0.3) is 0 Å². The van der Waals surface area contributed by atoms with E-state index in [0.29, 0.717) is 23.8 Å². The summed E-state index contributed by atoms with van der Waals surface area (Å²) in [6.07, 6.45) is 4.55. The zero-order valence-corrected chi connectivity index (χ0v) is 11.3. The number of carbonyl (C=O) groups is 1. The van der Waals surface area contributed by atoms with Crippen molar-refractivity contribution in [3.05, 3.63) is 29.8 Å². The summed E-state index contributed by atoms with van der Waals surface area (Å²) in [5.74, 6) is 0.215. The van der Waals surface area contributed by atoms with E-state index in [1.165, 1.54) is 12.8 Å². The molecule has 0 unspecified atom stereocenters. The Morgan fingerprint density at radius 3 is 2.50 bits per heavy atom. The molecule has 0 aromatic heterocycles. The number of carbonyl (C=O) groups excluding carboxylic acids is 1. The third-order valence-corrected chi connectivity index (χ3v) is 3.14. The SMILES string of the molecule is CCCC[C@@H](CC)COC(=O)c1ccc(N)cc1. The summed E-state index contributed by atoms with van der Waals surface area (Å²) in [7, 11) is 0. The maximum absolute atomic E-state index is 11.8. The fraction of sp³-hybridized carbons (Fsp3) is 0.533. The molecule has 18 heavy (non-hydrogen) atoms. The first-order chi connectivity index (χ1) is 8.67. The number of rotatable bonds is 7. The number of nitrogen functional groups attached to an aromatic ring is 1. The zero-order valence-electron chi connectivity index (χ0n) is 11.3. The molecular weight excluding hydrogens is 226 g/mol. The second-order valence-corrected chi connectivity index (χ2v) is 4.64. The van der Waals surface area contributed by atoms with Gasteiger partial charge in [-0.2, -0.15) is 0 Å². The maximum atomic E-state index is 11.8. The molecule has 0 heterocycles. The highest BCUT2D eigenvalue weighted by molar-refractivity contribution is 5.89. The standard InChI is InChI=1S/C15H23NO2/c1-3-5-6-12(4-2)11-18-15(17)13-7-9-14(16)10-8-13/h7-10,12H,3-6,11,16H2,1-2H3/t12-/m1/s1. The van der Waals surface area contributed by atoms with Gasteiger partial charge in [-0.05, 0) is 36.6 Å². The Kier molecular flexibility index (Phi) is 6.26. The Balaban J connectivity index is 2.42. The van der Waals surface area contributed by atoms with Gasteiger partial charge in [-0.25, -0.2) is 4.79 Å². The van der Waals surface area contributed by atoms with Crippen molar-refractivity contribution in [2.45, 2.75) is 39.5 Å². The smallest absolute Gasteiger partial charge is 0.338 e. The predicted octanol–water partition coefficient (Wildman–Crippen LogP) is 3.64. The lowest BCUT2D eigenvalue weighted by atomic mass is 10.0. The normalized spacial score (nSPS) is 12.1. The van der Waals surface area contributed by atoms with Crippen LogP contribution in [-0.4, -0.2) is 12.6 Å². The fourth-order valence-electron chi connectivity index (χ4n) is 1.79. The zero-order chi connectivity index (χ0) is 13.4. The molecule has 3 heteroatoms. The van der Waals surface area contributed by atoms with E-state index in [4.69, 9.17) is 10.5 Å². The number of hydrogen-bond acceptors (Lipinski definition) is 3. The van der Waals surface area contributed by atoms with E-state index in [0.717, 1.165) is 12.8 Å². The van der Waals surface area contributed by atoms with Gasteiger partial charge in [0, 0.05) is 5.69 Å². The Bertz CT molecular complexity index is 359. The van der Waals surface area contributed by atoms with Gasteiger partial charge in [0.15, 0.2) is 0 Å². The summed E-state index contributed by atoms with van der Waals surface area (Å²) in [4.78, 5) is 11.8. The van der Waals surface area contributed by atoms with Crippen LogP contribution in [0.4, 0.5) is 5.69 Å². The number of nitrogens with two attached hydrogens (primary N) is 1. The topological polar surface area (TPSA) is 52.3 Å². The summed E-state index contributed by atoms with van der Waals surface area (Å²) in [6, 6.07) is 6.82. The van der Waals surface area contributed by atoms with Crippen LogP contribution in [0.5, 0.6) is 0 Å². The molecule has 0 saturated carbocycles. The maximum Gasteiger partial charge on any atom is 0.338 e. The minimum Gasteiger partial charge on any atom is -0.462 e. The lowest BCUT2D eigenvalue weighted by Gasteiger charge is -2.14. The highest BCUT2D eigenvalue weighted by Gasteiger charge is 2.11. The molecule has 0 spiro atoms. The van der Waals surface area contributed by atoms with Crippen molar-refractivity contribution in [2.75, 3.05) is 12.3 Å². The molecule has 100 valence electrons. The minimum absolute atomic E-state index is 0.259. The summed E-state index contributed by atoms with van der Waals surface area (Å²) in [5.41, 5.74) is 6.79. The molecule has 0 aliphatic heterocycles. The van der Waals surface area contributed by atoms with Crippen molar-refractivity contribution in [2.24, 2.45) is 5.92 Å². The molecule has 1 atom stereocenters. The second-order valence-electron chi connectivity index (χ2n) is 4.64. The third kappa shape index (κ3) is 4.78. The second kappa shape index (κ2) is 7.75. The van der Waals surface area contributed by atoms with Gasteiger partial charge in [0.05, 0.1) is 12.2 Å². The highest BCUT2D eigenvalue weighted by Crippen LogP contribution is 2.14. The van der Waals surface area contributed by atoms with Crippen molar-refractivity contribution in [1.82, 2.24) is 0 Å². The monoisotopic (exact) mass is 249 g/mol. The Morgan fingerprint density at radius 2 is 1.94 bits per heavy atom. The molecule has 1 rings (SSSR count). The molecule has 3 nitrogen and oxygen atoms in total. The Labute approximate surface area is 109 Å². The van der Waals surface area contributed by atoms with Crippen LogP contribution in [-0.2, 0) is 4.74 Å². The summed E-state index contributed by atoms with van der Waals surface area (Å²) < 4.78 is 5.34. The highest BCUT2D eigenvalue weighted by atomic mass is 16.5. The molecular formula is C15H23NO2. The van der Waals surface area contributed by atoms with Crippen molar-refractivity contribution in [3.63, 3.8) is 0 Å². The summed E-state index contributed by atoms with van der Waals surface area (Å²) in [5, 5.41) is 0. The average Bonchev–Trinajstić information content (AvgIpc) is 2.39. The molecule has 0 radical (unpaired) electrons. The molecule has 1 aromatic carbocycles. The number of anilines is 1. The fourth-order valence-corrected chi connectivity index (χ4v) is 1.79. The van der Waals surface area contributed by atoms with Gasteiger partial charge < -0.3 is 10.5 Å². The van der Waals surface area contributed by atoms with Crippen LogP contribution >= 0.6 is 0 Å². The minimum atomic E-state index is -0.259. The van der Waals surface area contributed by atoms with Crippen molar-refractivity contribution < 1.29 is 9.53 Å². The molecule has 1 aromatic rings. The first-order valence-corrected chi connectivity index (χ1v) is 6.70. The van der Waals surface area contributed by atoms with E-state index in [9.17, 15) is 4.79 Å². The van der Waals surface area contributed by atoms with Gasteiger partial charge in [-0.15, -0.1) is 0 Å². The van der Waals surface area contributed by atoms with E-state index in [1.807, 2.05) is 0 Å². The molecule has 0 amide bonds. The molecule has 2 N–H and O–H groups in total. The average molecular weight is 249 g/mol. The van der Waals surface area contributed by atoms with Gasteiger partial charge in [-0.1, -0.05) is 33.1 Å². The molecule has 0 aliphatic rings. The van der Waals surface area contributed by atoms with Crippen molar-refractivity contribution in [3.8, 4) is 0 Å². The van der Waals surface area contributed by atoms with Gasteiger partial charge in [0.2, 0.25) is 0 Å². The van der Waals surface area contributed by atoms with Crippen molar-refractivity contribution >= 4 is 11.7 Å². The van der Waals surface area contributed by atoms with Crippen molar-refractivity contribution in [1.29, 1.82) is 0 Å². The van der Waals surface area contributed by atoms with E-state index in [-0.39, 0.29) is 5.97 Å². The number of hydrogen-bond donors (Lipinski definition) is 1. The molecule has 0 saturated heterocycles. The van der Waals surface area contributed by atoms with Crippen LogP contribution in [0.1, 0.15) is 49.9 Å². The lowest BCUT2D eigenvalue weighted by molar-refractivity contribution is 0.0428. The van der Waals surface area contributed by atoms with Gasteiger partial charge >= 0.3 is 5.97 Å². The Hall–Kier alpha value is -1.51. The first kappa shape index (κ1) is 14.6. The van der Waals surface area contributed by atoms with E-state index < -0.39 is 0 Å². The summed E-state index contributed by atoms with van der Waals surface area (Å²) >= 11 is 0. The van der Waals surface area contributed by atoms with Crippen LogP contribution in [0.2, 0.25) is 0 Å². The van der Waals surface area contributed by atoms with E-state index in [1.54, 1.807) is 24.3 Å². The molecule has 0 bridgehead atoms. The Morgan fingerprint density at radius 1 is 1.28 bits per heavy atom. The van der Waals surface area contributed by atoms with E-state index >= 15 is 0 Å². The van der Waals surface area contributed by atoms with Crippen LogP contribution in [0.25, 0.3) is 0 Å². The number of esters is 1. The van der Waals surface area contributed by atoms with E-state index in [2.05, 4.69) is 13.8 Å². The van der Waals surface area contributed by atoms with Crippen LogP contribution in [0, 0.1) is 5.92 Å². The number of benzene rings is 1. The molecule has 0 fully saturated rings. The van der Waals surface area contributed by atoms with Crippen LogP contribution in [0.15, 0.2) is 24.3 Å². The largest absolute Gasteiger partial charge is 0.462 e. The van der Waals surface area contributed by atoms with Crippen LogP contribution < -0.4 is 5.73 Å².